The highest BCUT2D eigenvalue weighted by Gasteiger charge is 2.34. The highest BCUT2D eigenvalue weighted by molar-refractivity contribution is 9.10. The van der Waals surface area contributed by atoms with Crippen LogP contribution in [0.15, 0.2) is 59.2 Å². The smallest absolute Gasteiger partial charge is 0.257 e. The molecule has 6 heteroatoms. The van der Waals surface area contributed by atoms with Gasteiger partial charge >= 0.3 is 0 Å². The van der Waals surface area contributed by atoms with Crippen LogP contribution >= 0.6 is 15.9 Å². The molecule has 0 N–H and O–H groups in total. The number of aromatic nitrogens is 2. The Morgan fingerprint density at radius 2 is 2.00 bits per heavy atom. The first-order chi connectivity index (χ1) is 13.6. The van der Waals surface area contributed by atoms with Gasteiger partial charge in [-0.15, -0.1) is 0 Å². The molecule has 0 aliphatic carbocycles. The van der Waals surface area contributed by atoms with E-state index in [1.807, 2.05) is 59.0 Å². The minimum atomic E-state index is -0.000532. The normalized spacial score (nSPS) is 16.4. The minimum absolute atomic E-state index is 0.000532. The number of methoxy groups -OCH3 is 1. The van der Waals surface area contributed by atoms with Crippen LogP contribution in [-0.2, 0) is 0 Å². The molecule has 1 amide bonds. The summed E-state index contributed by atoms with van der Waals surface area (Å²) in [4.78, 5) is 15.3. The minimum Gasteiger partial charge on any atom is -0.496 e. The Morgan fingerprint density at radius 1 is 1.21 bits per heavy atom. The second-order valence-corrected chi connectivity index (χ2v) is 7.85. The van der Waals surface area contributed by atoms with E-state index < -0.39 is 0 Å². The second kappa shape index (κ2) is 7.80. The number of nitrogens with zero attached hydrogens (tertiary/aromatic N) is 3. The molecule has 1 unspecified atom stereocenters. The predicted molar refractivity (Wildman–Crippen MR) is 112 cm³/mol. The first-order valence-corrected chi connectivity index (χ1v) is 10.1. The number of rotatable bonds is 4. The average molecular weight is 440 g/mol. The van der Waals surface area contributed by atoms with Crippen molar-refractivity contribution in [2.45, 2.75) is 25.8 Å². The molecule has 1 aliphatic rings. The molecule has 5 nitrogen and oxygen atoms in total. The van der Waals surface area contributed by atoms with Gasteiger partial charge in [0.1, 0.15) is 5.75 Å². The third-order valence-corrected chi connectivity index (χ3v) is 5.80. The maximum atomic E-state index is 13.4. The van der Waals surface area contributed by atoms with Crippen LogP contribution in [0.3, 0.4) is 0 Å². The van der Waals surface area contributed by atoms with Crippen LogP contribution in [0.1, 0.15) is 40.5 Å². The van der Waals surface area contributed by atoms with E-state index in [9.17, 15) is 4.79 Å². The Morgan fingerprint density at radius 3 is 2.75 bits per heavy atom. The summed E-state index contributed by atoms with van der Waals surface area (Å²) in [6.07, 6.45) is 3.57. The van der Waals surface area contributed by atoms with Gasteiger partial charge in [-0.05, 0) is 50.1 Å². The molecule has 0 saturated carbocycles. The van der Waals surface area contributed by atoms with Crippen molar-refractivity contribution < 1.29 is 9.53 Å². The van der Waals surface area contributed by atoms with Gasteiger partial charge in [0.05, 0.1) is 36.3 Å². The van der Waals surface area contributed by atoms with Crippen molar-refractivity contribution in [3.63, 3.8) is 0 Å². The summed E-state index contributed by atoms with van der Waals surface area (Å²) >= 11 is 3.54. The Bertz CT molecular complexity index is 1000. The van der Waals surface area contributed by atoms with E-state index in [0.717, 1.165) is 46.6 Å². The van der Waals surface area contributed by atoms with Crippen molar-refractivity contribution >= 4 is 21.8 Å². The number of likely N-dealkylation sites (tertiary alicyclic amines) is 1. The van der Waals surface area contributed by atoms with Gasteiger partial charge in [0.25, 0.3) is 5.91 Å². The average Bonchev–Trinajstić information content (AvgIpc) is 3.35. The van der Waals surface area contributed by atoms with Crippen molar-refractivity contribution in [3.8, 4) is 11.4 Å². The number of carbonyl (C=O) groups excluding carboxylic acids is 1. The topological polar surface area (TPSA) is 47.4 Å². The van der Waals surface area contributed by atoms with E-state index in [4.69, 9.17) is 4.74 Å². The lowest BCUT2D eigenvalue weighted by molar-refractivity contribution is 0.0733. The van der Waals surface area contributed by atoms with Crippen LogP contribution in [-0.4, -0.2) is 34.2 Å². The first-order valence-electron chi connectivity index (χ1n) is 9.34. The van der Waals surface area contributed by atoms with Crippen LogP contribution < -0.4 is 4.74 Å². The molecule has 2 aromatic carbocycles. The lowest BCUT2D eigenvalue weighted by Crippen LogP contribution is -2.31. The number of benzene rings is 2. The molecule has 3 aromatic rings. The molecule has 144 valence electrons. The number of halogens is 1. The second-order valence-electron chi connectivity index (χ2n) is 6.93. The Balaban J connectivity index is 1.67. The highest BCUT2D eigenvalue weighted by atomic mass is 79.9. The van der Waals surface area contributed by atoms with Gasteiger partial charge in [0.15, 0.2) is 0 Å². The summed E-state index contributed by atoms with van der Waals surface area (Å²) in [5.41, 5.74) is 3.48. The molecule has 1 saturated heterocycles. The first kappa shape index (κ1) is 18.7. The zero-order valence-electron chi connectivity index (χ0n) is 15.9. The SMILES string of the molecule is COc1ccc(Br)cc1C1CCCN1C(=O)c1cnn(-c2ccccc2)c1C. The number of carbonyl (C=O) groups is 1. The molecule has 0 bridgehead atoms. The van der Waals surface area contributed by atoms with Crippen LogP contribution in [0.4, 0.5) is 0 Å². The molecule has 2 heterocycles. The van der Waals surface area contributed by atoms with Gasteiger partial charge in [0.2, 0.25) is 0 Å². The molecule has 1 aliphatic heterocycles. The quantitative estimate of drug-likeness (QED) is 0.578. The number of ether oxygens (including phenoxy) is 1. The molecule has 1 aromatic heterocycles. The van der Waals surface area contributed by atoms with Gasteiger partial charge in [-0.25, -0.2) is 4.68 Å². The predicted octanol–water partition coefficient (Wildman–Crippen LogP) is 4.93. The van der Waals surface area contributed by atoms with Gasteiger partial charge in [-0.3, -0.25) is 4.79 Å². The van der Waals surface area contributed by atoms with Crippen molar-refractivity contribution in [1.82, 2.24) is 14.7 Å². The van der Waals surface area contributed by atoms with E-state index in [0.29, 0.717) is 5.56 Å². The summed E-state index contributed by atoms with van der Waals surface area (Å²) in [5.74, 6) is 0.828. The maximum absolute atomic E-state index is 13.4. The number of hydrogen-bond acceptors (Lipinski definition) is 3. The van der Waals surface area contributed by atoms with Crippen LogP contribution in [0.25, 0.3) is 5.69 Å². The van der Waals surface area contributed by atoms with E-state index >= 15 is 0 Å². The summed E-state index contributed by atoms with van der Waals surface area (Å²) in [6, 6.07) is 15.8. The Hall–Kier alpha value is -2.60. The number of para-hydroxylation sites is 1. The largest absolute Gasteiger partial charge is 0.496 e. The summed E-state index contributed by atoms with van der Waals surface area (Å²) < 4.78 is 8.36. The third-order valence-electron chi connectivity index (χ3n) is 5.31. The standard InChI is InChI=1S/C22H22BrN3O2/c1-15-19(14-24-26(15)17-7-4-3-5-8-17)22(27)25-12-6-9-20(25)18-13-16(23)10-11-21(18)28-2/h3-5,7-8,10-11,13-14,20H,6,9,12H2,1-2H3. The van der Waals surface area contributed by atoms with Crippen LogP contribution in [0.2, 0.25) is 0 Å². The van der Waals surface area contributed by atoms with Gasteiger partial charge in [0, 0.05) is 16.6 Å². The zero-order valence-corrected chi connectivity index (χ0v) is 17.5. The Labute approximate surface area is 173 Å². The molecule has 0 radical (unpaired) electrons. The fourth-order valence-corrected chi connectivity index (χ4v) is 4.28. The molecule has 28 heavy (non-hydrogen) atoms. The van der Waals surface area contributed by atoms with Crippen molar-refractivity contribution in [1.29, 1.82) is 0 Å². The molecule has 1 fully saturated rings. The van der Waals surface area contributed by atoms with E-state index in [-0.39, 0.29) is 11.9 Å². The van der Waals surface area contributed by atoms with Crippen LogP contribution in [0, 0.1) is 6.92 Å². The van der Waals surface area contributed by atoms with Gasteiger partial charge in [-0.2, -0.15) is 5.10 Å². The van der Waals surface area contributed by atoms with E-state index in [1.54, 1.807) is 13.3 Å². The molecule has 1 atom stereocenters. The fourth-order valence-electron chi connectivity index (χ4n) is 3.90. The van der Waals surface area contributed by atoms with E-state index in [2.05, 4.69) is 27.1 Å². The number of amides is 1. The highest BCUT2D eigenvalue weighted by Crippen LogP contribution is 2.39. The fraction of sp³-hybridized carbons (Fsp3) is 0.273. The third kappa shape index (κ3) is 3.33. The van der Waals surface area contributed by atoms with Crippen molar-refractivity contribution in [2.75, 3.05) is 13.7 Å². The molecular weight excluding hydrogens is 418 g/mol. The molecular formula is C22H22BrN3O2. The van der Waals surface area contributed by atoms with Crippen molar-refractivity contribution in [3.05, 3.63) is 76.0 Å². The van der Waals surface area contributed by atoms with Gasteiger partial charge < -0.3 is 9.64 Å². The van der Waals surface area contributed by atoms with Crippen molar-refractivity contribution in [2.24, 2.45) is 0 Å². The molecule has 4 rings (SSSR count). The summed E-state index contributed by atoms with van der Waals surface area (Å²) in [6.45, 7) is 2.67. The monoisotopic (exact) mass is 439 g/mol. The number of hydrogen-bond donors (Lipinski definition) is 0. The summed E-state index contributed by atoms with van der Waals surface area (Å²) in [7, 11) is 1.67. The molecule has 0 spiro atoms. The van der Waals surface area contributed by atoms with Crippen LogP contribution in [0.5, 0.6) is 5.75 Å². The Kier molecular flexibility index (Phi) is 5.22. The maximum Gasteiger partial charge on any atom is 0.257 e. The zero-order chi connectivity index (χ0) is 19.7. The summed E-state index contributed by atoms with van der Waals surface area (Å²) in [5, 5.41) is 4.46. The lowest BCUT2D eigenvalue weighted by Gasteiger charge is -2.26. The lowest BCUT2D eigenvalue weighted by atomic mass is 10.0. The van der Waals surface area contributed by atoms with Gasteiger partial charge in [-0.1, -0.05) is 34.1 Å². The van der Waals surface area contributed by atoms with E-state index in [1.165, 1.54) is 0 Å².